The van der Waals surface area contributed by atoms with E-state index in [1.165, 1.54) is 50.6 Å². The van der Waals surface area contributed by atoms with Crippen LogP contribution in [0, 0.1) is 17.8 Å². The highest BCUT2D eigenvalue weighted by molar-refractivity contribution is 5.96. The van der Waals surface area contributed by atoms with E-state index < -0.39 is 0 Å². The standard InChI is InChI=1S/C22H33N3O.2ClH/c23-21-16-8-7-9-17(21)15-18(14-16)22(26)24-19-10-3-4-11-20(19)25-12-5-1-2-6-13-25;;/h3-4,10-11,16-18,21H,1-2,5-9,12-15,23H2,(H,24,26);2*1H. The van der Waals surface area contributed by atoms with Gasteiger partial charge in [-0.2, -0.15) is 0 Å². The van der Waals surface area contributed by atoms with Gasteiger partial charge in [0, 0.05) is 25.0 Å². The molecule has 2 saturated carbocycles. The number of carbonyl (C=O) groups excluding carboxylic acids is 1. The second-order valence-corrected chi connectivity index (χ2v) is 8.60. The summed E-state index contributed by atoms with van der Waals surface area (Å²) in [5, 5.41) is 3.28. The number of amides is 1. The van der Waals surface area contributed by atoms with Gasteiger partial charge in [-0.25, -0.2) is 0 Å². The summed E-state index contributed by atoms with van der Waals surface area (Å²) in [6.45, 7) is 2.19. The molecule has 0 spiro atoms. The van der Waals surface area contributed by atoms with E-state index in [1.54, 1.807) is 0 Å². The fourth-order valence-electron chi connectivity index (χ4n) is 5.40. The molecule has 0 aromatic heterocycles. The Morgan fingerprint density at radius 3 is 2.18 bits per heavy atom. The molecule has 1 aliphatic heterocycles. The highest BCUT2D eigenvalue weighted by Crippen LogP contribution is 2.42. The molecule has 2 aliphatic carbocycles. The lowest BCUT2D eigenvalue weighted by Crippen LogP contribution is -2.48. The van der Waals surface area contributed by atoms with Crippen LogP contribution in [-0.4, -0.2) is 25.0 Å². The molecule has 0 radical (unpaired) electrons. The van der Waals surface area contributed by atoms with Crippen LogP contribution in [0.2, 0.25) is 0 Å². The summed E-state index contributed by atoms with van der Waals surface area (Å²) in [6.07, 6.45) is 10.7. The topological polar surface area (TPSA) is 58.4 Å². The van der Waals surface area contributed by atoms with Gasteiger partial charge in [0.2, 0.25) is 5.91 Å². The van der Waals surface area contributed by atoms with Crippen LogP contribution in [0.15, 0.2) is 24.3 Å². The van der Waals surface area contributed by atoms with Crippen LogP contribution in [0.3, 0.4) is 0 Å². The summed E-state index contributed by atoms with van der Waals surface area (Å²) < 4.78 is 0. The minimum Gasteiger partial charge on any atom is -0.370 e. The molecule has 158 valence electrons. The van der Waals surface area contributed by atoms with Crippen molar-refractivity contribution in [2.75, 3.05) is 23.3 Å². The van der Waals surface area contributed by atoms with E-state index in [0.717, 1.165) is 31.6 Å². The Balaban J connectivity index is 0.00000140. The lowest BCUT2D eigenvalue weighted by Gasteiger charge is -2.43. The molecule has 3 aliphatic rings. The summed E-state index contributed by atoms with van der Waals surface area (Å²) >= 11 is 0. The highest BCUT2D eigenvalue weighted by Gasteiger charge is 2.40. The Morgan fingerprint density at radius 1 is 0.929 bits per heavy atom. The van der Waals surface area contributed by atoms with Crippen LogP contribution >= 0.6 is 24.8 Å². The molecule has 1 aromatic rings. The first-order valence-corrected chi connectivity index (χ1v) is 10.6. The molecular formula is C22H35Cl2N3O. The number of benzene rings is 1. The van der Waals surface area contributed by atoms with Crippen LogP contribution in [0.4, 0.5) is 11.4 Å². The van der Waals surface area contributed by atoms with Gasteiger partial charge in [-0.1, -0.05) is 31.4 Å². The monoisotopic (exact) mass is 427 g/mol. The minimum atomic E-state index is 0. The van der Waals surface area contributed by atoms with Gasteiger partial charge in [0.05, 0.1) is 11.4 Å². The molecule has 6 heteroatoms. The third-order valence-corrected chi connectivity index (χ3v) is 6.89. The van der Waals surface area contributed by atoms with E-state index >= 15 is 0 Å². The minimum absolute atomic E-state index is 0. The predicted molar refractivity (Wildman–Crippen MR) is 122 cm³/mol. The maximum atomic E-state index is 13.0. The number of hydrogen-bond acceptors (Lipinski definition) is 3. The molecule has 28 heavy (non-hydrogen) atoms. The lowest BCUT2D eigenvalue weighted by molar-refractivity contribution is -0.122. The molecule has 3 N–H and O–H groups in total. The third kappa shape index (κ3) is 5.14. The molecule has 4 nitrogen and oxygen atoms in total. The van der Waals surface area contributed by atoms with Crippen LogP contribution in [0.25, 0.3) is 0 Å². The van der Waals surface area contributed by atoms with Gasteiger partial charge < -0.3 is 16.0 Å². The first-order valence-electron chi connectivity index (χ1n) is 10.6. The number of anilines is 2. The van der Waals surface area contributed by atoms with E-state index in [1.807, 2.05) is 6.07 Å². The number of hydrogen-bond donors (Lipinski definition) is 2. The second kappa shape index (κ2) is 10.7. The van der Waals surface area contributed by atoms with Gasteiger partial charge in [0.1, 0.15) is 0 Å². The van der Waals surface area contributed by atoms with Gasteiger partial charge >= 0.3 is 0 Å². The third-order valence-electron chi connectivity index (χ3n) is 6.89. The SMILES string of the molecule is Cl.Cl.NC1C2CCCC1CC(C(=O)Nc1ccccc1N1CCCCCC1)C2. The smallest absolute Gasteiger partial charge is 0.227 e. The van der Waals surface area contributed by atoms with E-state index in [9.17, 15) is 4.79 Å². The van der Waals surface area contributed by atoms with Gasteiger partial charge in [-0.3, -0.25) is 4.79 Å². The van der Waals surface area contributed by atoms with Crippen molar-refractivity contribution in [3.63, 3.8) is 0 Å². The quantitative estimate of drug-likeness (QED) is 0.712. The molecule has 3 fully saturated rings. The highest BCUT2D eigenvalue weighted by atomic mass is 35.5. The zero-order valence-electron chi connectivity index (χ0n) is 16.6. The molecule has 1 heterocycles. The molecule has 2 unspecified atom stereocenters. The Kier molecular flexibility index (Phi) is 8.91. The number of fused-ring (bicyclic) bond motifs is 2. The zero-order chi connectivity index (χ0) is 17.9. The van der Waals surface area contributed by atoms with Crippen molar-refractivity contribution < 1.29 is 4.79 Å². The number of nitrogens with two attached hydrogens (primary N) is 1. The van der Waals surface area contributed by atoms with Crippen molar-refractivity contribution >= 4 is 42.1 Å². The van der Waals surface area contributed by atoms with Crippen molar-refractivity contribution in [3.8, 4) is 0 Å². The molecule has 2 bridgehead atoms. The largest absolute Gasteiger partial charge is 0.370 e. The fraction of sp³-hybridized carbons (Fsp3) is 0.682. The Labute approximate surface area is 181 Å². The van der Waals surface area contributed by atoms with Crippen LogP contribution in [0.1, 0.15) is 57.8 Å². The van der Waals surface area contributed by atoms with E-state index in [-0.39, 0.29) is 36.6 Å². The van der Waals surface area contributed by atoms with Gasteiger partial charge in [0.15, 0.2) is 0 Å². The normalized spacial score (nSPS) is 29.7. The predicted octanol–water partition coefficient (Wildman–Crippen LogP) is 5.00. The van der Waals surface area contributed by atoms with Crippen molar-refractivity contribution in [2.24, 2.45) is 23.5 Å². The number of halogens is 2. The first kappa shape index (κ1) is 23.3. The van der Waals surface area contributed by atoms with E-state index in [2.05, 4.69) is 28.4 Å². The summed E-state index contributed by atoms with van der Waals surface area (Å²) in [7, 11) is 0. The van der Waals surface area contributed by atoms with Crippen LogP contribution in [-0.2, 0) is 4.79 Å². The van der Waals surface area contributed by atoms with Gasteiger partial charge in [-0.15, -0.1) is 24.8 Å². The van der Waals surface area contributed by atoms with Crippen molar-refractivity contribution in [1.29, 1.82) is 0 Å². The Hall–Kier alpha value is -0.970. The maximum absolute atomic E-state index is 13.0. The second-order valence-electron chi connectivity index (χ2n) is 8.60. The summed E-state index contributed by atoms with van der Waals surface area (Å²) in [6, 6.07) is 8.65. The summed E-state index contributed by atoms with van der Waals surface area (Å²) in [5.74, 6) is 1.41. The molecule has 1 saturated heterocycles. The van der Waals surface area contributed by atoms with Crippen molar-refractivity contribution in [1.82, 2.24) is 0 Å². The molecule has 2 atom stereocenters. The van der Waals surface area contributed by atoms with Crippen LogP contribution in [0.5, 0.6) is 0 Å². The average Bonchev–Trinajstić information content (AvgIpc) is 2.91. The van der Waals surface area contributed by atoms with Crippen molar-refractivity contribution in [2.45, 2.75) is 63.8 Å². The summed E-state index contributed by atoms with van der Waals surface area (Å²) in [4.78, 5) is 15.5. The number of carbonyl (C=O) groups is 1. The first-order chi connectivity index (χ1) is 12.7. The van der Waals surface area contributed by atoms with E-state index in [0.29, 0.717) is 17.9 Å². The zero-order valence-corrected chi connectivity index (χ0v) is 18.3. The molecule has 1 amide bonds. The average molecular weight is 428 g/mol. The fourth-order valence-corrected chi connectivity index (χ4v) is 5.40. The van der Waals surface area contributed by atoms with Gasteiger partial charge in [0.25, 0.3) is 0 Å². The molecular weight excluding hydrogens is 393 g/mol. The van der Waals surface area contributed by atoms with Crippen molar-refractivity contribution in [3.05, 3.63) is 24.3 Å². The summed E-state index contributed by atoms with van der Waals surface area (Å²) in [5.41, 5.74) is 8.57. The lowest BCUT2D eigenvalue weighted by atomic mass is 9.65. The number of rotatable bonds is 3. The number of nitrogens with zero attached hydrogens (tertiary/aromatic N) is 1. The van der Waals surface area contributed by atoms with Crippen LogP contribution < -0.4 is 16.0 Å². The Bertz CT molecular complexity index is 620. The Morgan fingerprint density at radius 2 is 1.54 bits per heavy atom. The number of para-hydroxylation sites is 2. The van der Waals surface area contributed by atoms with E-state index in [4.69, 9.17) is 5.73 Å². The maximum Gasteiger partial charge on any atom is 0.227 e. The van der Waals surface area contributed by atoms with Gasteiger partial charge in [-0.05, 0) is 62.5 Å². The molecule has 1 aromatic carbocycles. The number of nitrogens with one attached hydrogen (secondary N) is 1. The molecule has 4 rings (SSSR count).